The first-order chi connectivity index (χ1) is 16.3. The lowest BCUT2D eigenvalue weighted by molar-refractivity contribution is -0.133. The highest BCUT2D eigenvalue weighted by atomic mass is 35.5. The summed E-state index contributed by atoms with van der Waals surface area (Å²) in [5.74, 6) is 1.70. The second kappa shape index (κ2) is 10.4. The molecule has 4 rings (SSSR count). The monoisotopic (exact) mass is 509 g/mol. The van der Waals surface area contributed by atoms with Gasteiger partial charge < -0.3 is 19.1 Å². The minimum absolute atomic E-state index is 0.0183. The van der Waals surface area contributed by atoms with Gasteiger partial charge in [0.1, 0.15) is 5.75 Å². The molecule has 1 amide bonds. The summed E-state index contributed by atoms with van der Waals surface area (Å²) in [6, 6.07) is 10.2. The molecule has 0 unspecified atom stereocenters. The molecule has 2 aliphatic rings. The predicted octanol–water partition coefficient (Wildman–Crippen LogP) is 2.43. The number of amides is 1. The van der Waals surface area contributed by atoms with Gasteiger partial charge in [0.05, 0.1) is 23.1 Å². The van der Waals surface area contributed by atoms with Gasteiger partial charge in [0, 0.05) is 39.8 Å². The predicted molar refractivity (Wildman–Crippen MR) is 127 cm³/mol. The molecule has 0 spiro atoms. The third kappa shape index (κ3) is 5.41. The lowest BCUT2D eigenvalue weighted by Crippen LogP contribution is -2.51. The van der Waals surface area contributed by atoms with E-state index in [0.717, 1.165) is 27.9 Å². The van der Waals surface area contributed by atoms with Gasteiger partial charge in [0.25, 0.3) is 0 Å². The van der Waals surface area contributed by atoms with Crippen molar-refractivity contribution in [3.8, 4) is 17.2 Å². The number of benzene rings is 2. The number of sulfonamides is 1. The van der Waals surface area contributed by atoms with Crippen molar-refractivity contribution < 1.29 is 27.4 Å². The normalized spacial score (nSPS) is 16.2. The Balaban J connectivity index is 1.30. The second-order valence-electron chi connectivity index (χ2n) is 8.13. The van der Waals surface area contributed by atoms with Crippen molar-refractivity contribution in [2.45, 2.75) is 18.4 Å². The Labute approximate surface area is 204 Å². The fourth-order valence-electron chi connectivity index (χ4n) is 3.92. The molecular formula is C23H28ClN3O6S. The summed E-state index contributed by atoms with van der Waals surface area (Å²) < 4.78 is 43.1. The van der Waals surface area contributed by atoms with Gasteiger partial charge in [0.15, 0.2) is 11.5 Å². The highest BCUT2D eigenvalue weighted by Gasteiger charge is 2.28. The Morgan fingerprint density at radius 1 is 1.09 bits per heavy atom. The first-order valence-electron chi connectivity index (χ1n) is 11.1. The molecule has 2 aliphatic heterocycles. The lowest BCUT2D eigenvalue weighted by atomic mass is 10.1. The van der Waals surface area contributed by atoms with Crippen LogP contribution in [-0.4, -0.2) is 81.6 Å². The van der Waals surface area contributed by atoms with Crippen molar-refractivity contribution in [1.29, 1.82) is 0 Å². The minimum Gasteiger partial charge on any atom is -0.492 e. The van der Waals surface area contributed by atoms with Crippen molar-refractivity contribution in [3.63, 3.8) is 0 Å². The Morgan fingerprint density at radius 2 is 1.82 bits per heavy atom. The number of fused-ring (bicyclic) bond motifs is 1. The standard InChI is InChI=1S/C23H28ClN3O6S/c1-3-31-20-7-5-18(13-19(20)24)34(29,30)25(2)15-23(28)27-10-8-26(9-11-27)14-17-4-6-21-22(12-17)33-16-32-21/h4-7,12-13H,3,8-11,14-16H2,1-2H3. The highest BCUT2D eigenvalue weighted by molar-refractivity contribution is 7.89. The number of rotatable bonds is 8. The van der Waals surface area contributed by atoms with Crippen LogP contribution < -0.4 is 14.2 Å². The number of hydrogen-bond acceptors (Lipinski definition) is 7. The van der Waals surface area contributed by atoms with Crippen molar-refractivity contribution >= 4 is 27.5 Å². The largest absolute Gasteiger partial charge is 0.492 e. The molecule has 0 aromatic heterocycles. The molecule has 2 aromatic carbocycles. The lowest BCUT2D eigenvalue weighted by Gasteiger charge is -2.35. The summed E-state index contributed by atoms with van der Waals surface area (Å²) in [5.41, 5.74) is 1.11. The van der Waals surface area contributed by atoms with Crippen LogP contribution in [0.3, 0.4) is 0 Å². The number of likely N-dealkylation sites (N-methyl/N-ethyl adjacent to an activating group) is 1. The maximum absolute atomic E-state index is 12.9. The Kier molecular flexibility index (Phi) is 7.51. The number of nitrogens with zero attached hydrogens (tertiary/aromatic N) is 3. The van der Waals surface area contributed by atoms with Crippen LogP contribution in [0.5, 0.6) is 17.2 Å². The summed E-state index contributed by atoms with van der Waals surface area (Å²) in [6.07, 6.45) is 0. The van der Waals surface area contributed by atoms with Gasteiger partial charge in [-0.15, -0.1) is 0 Å². The Bertz CT molecular complexity index is 1150. The Hall–Kier alpha value is -2.53. The topological polar surface area (TPSA) is 88.6 Å². The maximum Gasteiger partial charge on any atom is 0.243 e. The molecule has 0 radical (unpaired) electrons. The Morgan fingerprint density at radius 3 is 2.53 bits per heavy atom. The van der Waals surface area contributed by atoms with E-state index in [1.807, 2.05) is 25.1 Å². The van der Waals surface area contributed by atoms with E-state index >= 15 is 0 Å². The van der Waals surface area contributed by atoms with Gasteiger partial charge in [-0.2, -0.15) is 4.31 Å². The van der Waals surface area contributed by atoms with Crippen molar-refractivity contribution in [3.05, 3.63) is 47.0 Å². The molecule has 34 heavy (non-hydrogen) atoms. The van der Waals surface area contributed by atoms with Crippen LogP contribution in [-0.2, 0) is 21.4 Å². The number of ether oxygens (including phenoxy) is 3. The fraction of sp³-hybridized carbons (Fsp3) is 0.435. The van der Waals surface area contributed by atoms with Gasteiger partial charge >= 0.3 is 0 Å². The molecule has 2 aromatic rings. The quantitative estimate of drug-likeness (QED) is 0.540. The van der Waals surface area contributed by atoms with Crippen LogP contribution in [0.15, 0.2) is 41.3 Å². The smallest absolute Gasteiger partial charge is 0.243 e. The van der Waals surface area contributed by atoms with Crippen LogP contribution in [0, 0.1) is 0 Å². The van der Waals surface area contributed by atoms with Gasteiger partial charge in [-0.1, -0.05) is 17.7 Å². The zero-order valence-electron chi connectivity index (χ0n) is 19.2. The van der Waals surface area contributed by atoms with E-state index < -0.39 is 10.0 Å². The third-order valence-corrected chi connectivity index (χ3v) is 7.93. The number of hydrogen-bond donors (Lipinski definition) is 0. The van der Waals surface area contributed by atoms with Crippen LogP contribution in [0.2, 0.25) is 5.02 Å². The summed E-state index contributed by atoms with van der Waals surface area (Å²) in [6.45, 7) is 5.45. The van der Waals surface area contributed by atoms with E-state index in [2.05, 4.69) is 4.90 Å². The van der Waals surface area contributed by atoms with Gasteiger partial charge in [-0.3, -0.25) is 9.69 Å². The van der Waals surface area contributed by atoms with E-state index in [1.54, 1.807) is 4.90 Å². The highest BCUT2D eigenvalue weighted by Crippen LogP contribution is 2.33. The number of carbonyl (C=O) groups is 1. The van der Waals surface area contributed by atoms with E-state index in [1.165, 1.54) is 25.2 Å². The molecule has 184 valence electrons. The zero-order valence-corrected chi connectivity index (χ0v) is 20.8. The summed E-state index contributed by atoms with van der Waals surface area (Å²) in [4.78, 5) is 16.8. The van der Waals surface area contributed by atoms with Crippen LogP contribution in [0.25, 0.3) is 0 Å². The molecule has 1 saturated heterocycles. The van der Waals surface area contributed by atoms with Crippen molar-refractivity contribution in [1.82, 2.24) is 14.1 Å². The van der Waals surface area contributed by atoms with E-state index in [-0.39, 0.29) is 29.2 Å². The molecule has 0 saturated carbocycles. The molecular weight excluding hydrogens is 482 g/mol. The van der Waals surface area contributed by atoms with Crippen molar-refractivity contribution in [2.24, 2.45) is 0 Å². The molecule has 1 fully saturated rings. The fourth-order valence-corrected chi connectivity index (χ4v) is 5.37. The summed E-state index contributed by atoms with van der Waals surface area (Å²) in [7, 11) is -2.47. The molecule has 11 heteroatoms. The zero-order chi connectivity index (χ0) is 24.3. The number of carbonyl (C=O) groups excluding carboxylic acids is 1. The maximum atomic E-state index is 12.9. The first kappa shape index (κ1) is 24.6. The second-order valence-corrected chi connectivity index (χ2v) is 10.6. The van der Waals surface area contributed by atoms with E-state index in [0.29, 0.717) is 38.5 Å². The van der Waals surface area contributed by atoms with Crippen LogP contribution >= 0.6 is 11.6 Å². The molecule has 2 heterocycles. The average molecular weight is 510 g/mol. The molecule has 0 aliphatic carbocycles. The third-order valence-electron chi connectivity index (χ3n) is 5.84. The summed E-state index contributed by atoms with van der Waals surface area (Å²) >= 11 is 6.14. The molecule has 0 N–H and O–H groups in total. The number of piperazine rings is 1. The van der Waals surface area contributed by atoms with E-state index in [4.69, 9.17) is 25.8 Å². The summed E-state index contributed by atoms with van der Waals surface area (Å²) in [5, 5.41) is 0.209. The molecule has 9 nitrogen and oxygen atoms in total. The molecule has 0 atom stereocenters. The van der Waals surface area contributed by atoms with E-state index in [9.17, 15) is 13.2 Å². The SMILES string of the molecule is CCOc1ccc(S(=O)(=O)N(C)CC(=O)N2CCN(Cc3ccc4c(c3)OCO4)CC2)cc1Cl. The van der Waals surface area contributed by atoms with Crippen LogP contribution in [0.1, 0.15) is 12.5 Å². The van der Waals surface area contributed by atoms with Crippen LogP contribution in [0.4, 0.5) is 0 Å². The number of halogens is 1. The molecule has 0 bridgehead atoms. The van der Waals surface area contributed by atoms with Crippen molar-refractivity contribution in [2.75, 3.05) is 53.2 Å². The van der Waals surface area contributed by atoms with Gasteiger partial charge in [-0.05, 0) is 42.8 Å². The minimum atomic E-state index is -3.87. The van der Waals surface area contributed by atoms with Gasteiger partial charge in [-0.25, -0.2) is 8.42 Å². The first-order valence-corrected chi connectivity index (χ1v) is 12.9. The van der Waals surface area contributed by atoms with Gasteiger partial charge in [0.2, 0.25) is 22.7 Å². The average Bonchev–Trinajstić information content (AvgIpc) is 3.29.